The fraction of sp³-hybridized carbons (Fsp3) is 0.650. The molecule has 0 spiro atoms. The van der Waals surface area contributed by atoms with Crippen molar-refractivity contribution in [3.05, 3.63) is 36.4 Å². The van der Waals surface area contributed by atoms with Crippen molar-refractivity contribution in [2.75, 3.05) is 4.90 Å². The Morgan fingerprint density at radius 2 is 2.04 bits per heavy atom. The second-order valence-corrected chi connectivity index (χ2v) is 8.10. The summed E-state index contributed by atoms with van der Waals surface area (Å²) in [6, 6.07) is 2.20. The molecule has 2 aliphatic heterocycles. The SMILES string of the molecule is CCCCC1(CC)CC2N(C=CN2C(C)(C)C)c2ccncc21. The number of fused-ring (bicyclic) bond motifs is 3. The van der Waals surface area contributed by atoms with Gasteiger partial charge >= 0.3 is 0 Å². The van der Waals surface area contributed by atoms with Gasteiger partial charge < -0.3 is 9.80 Å². The predicted octanol–water partition coefficient (Wildman–Crippen LogP) is 5.04. The molecule has 1 aromatic heterocycles. The first-order valence-electron chi connectivity index (χ1n) is 9.12. The summed E-state index contributed by atoms with van der Waals surface area (Å²) in [5.41, 5.74) is 3.21. The molecular formula is C20H31N3. The monoisotopic (exact) mass is 313 g/mol. The Hall–Kier alpha value is -1.51. The van der Waals surface area contributed by atoms with Crippen molar-refractivity contribution in [1.29, 1.82) is 0 Å². The molecule has 2 atom stereocenters. The molecule has 0 fully saturated rings. The van der Waals surface area contributed by atoms with E-state index in [1.807, 2.05) is 6.20 Å². The third-order valence-electron chi connectivity index (χ3n) is 5.71. The zero-order valence-corrected chi connectivity index (χ0v) is 15.3. The third kappa shape index (κ3) is 2.64. The molecule has 0 bridgehead atoms. The van der Waals surface area contributed by atoms with Crippen LogP contribution in [0.5, 0.6) is 0 Å². The van der Waals surface area contributed by atoms with Gasteiger partial charge in [0, 0.05) is 47.0 Å². The molecule has 3 nitrogen and oxygen atoms in total. The Labute approximate surface area is 141 Å². The van der Waals surface area contributed by atoms with Crippen LogP contribution in [-0.2, 0) is 5.41 Å². The van der Waals surface area contributed by atoms with Gasteiger partial charge in [0.1, 0.15) is 6.17 Å². The van der Waals surface area contributed by atoms with E-state index in [9.17, 15) is 0 Å². The smallest absolute Gasteiger partial charge is 0.107 e. The molecule has 0 N–H and O–H groups in total. The summed E-state index contributed by atoms with van der Waals surface area (Å²) in [5.74, 6) is 0. The largest absolute Gasteiger partial charge is 0.351 e. The summed E-state index contributed by atoms with van der Waals surface area (Å²) in [6.07, 6.45) is 15.2. The Kier molecular flexibility index (Phi) is 4.16. The van der Waals surface area contributed by atoms with Crippen molar-refractivity contribution in [3.8, 4) is 0 Å². The minimum absolute atomic E-state index is 0.144. The van der Waals surface area contributed by atoms with Crippen LogP contribution >= 0.6 is 0 Å². The van der Waals surface area contributed by atoms with Gasteiger partial charge in [-0.3, -0.25) is 4.98 Å². The summed E-state index contributed by atoms with van der Waals surface area (Å²) in [4.78, 5) is 9.46. The fourth-order valence-electron chi connectivity index (χ4n) is 4.33. The van der Waals surface area contributed by atoms with E-state index in [4.69, 9.17) is 0 Å². The van der Waals surface area contributed by atoms with E-state index < -0.39 is 0 Å². The molecule has 3 rings (SSSR count). The van der Waals surface area contributed by atoms with E-state index in [-0.39, 0.29) is 11.0 Å². The average molecular weight is 313 g/mol. The van der Waals surface area contributed by atoms with Gasteiger partial charge in [0.15, 0.2) is 0 Å². The summed E-state index contributed by atoms with van der Waals surface area (Å²) in [7, 11) is 0. The lowest BCUT2D eigenvalue weighted by Crippen LogP contribution is -2.53. The van der Waals surface area contributed by atoms with Crippen LogP contribution in [0.15, 0.2) is 30.9 Å². The lowest BCUT2D eigenvalue weighted by molar-refractivity contribution is 0.121. The zero-order valence-electron chi connectivity index (χ0n) is 15.3. The Bertz CT molecular complexity index is 587. The van der Waals surface area contributed by atoms with Crippen LogP contribution < -0.4 is 4.90 Å². The van der Waals surface area contributed by atoms with Crippen molar-refractivity contribution in [2.45, 2.75) is 83.8 Å². The third-order valence-corrected chi connectivity index (χ3v) is 5.71. The molecule has 2 aliphatic rings. The van der Waals surface area contributed by atoms with Crippen LogP contribution in [-0.4, -0.2) is 21.6 Å². The summed E-state index contributed by atoms with van der Waals surface area (Å²) < 4.78 is 0. The van der Waals surface area contributed by atoms with Gasteiger partial charge in [-0.25, -0.2) is 0 Å². The molecule has 0 amide bonds. The van der Waals surface area contributed by atoms with Crippen molar-refractivity contribution >= 4 is 5.69 Å². The number of hydrogen-bond acceptors (Lipinski definition) is 3. The highest BCUT2D eigenvalue weighted by molar-refractivity contribution is 5.62. The Balaban J connectivity index is 2.06. The predicted molar refractivity (Wildman–Crippen MR) is 97.3 cm³/mol. The maximum absolute atomic E-state index is 4.47. The van der Waals surface area contributed by atoms with Crippen LogP contribution in [0.25, 0.3) is 0 Å². The van der Waals surface area contributed by atoms with E-state index in [0.717, 1.165) is 0 Å². The second-order valence-electron chi connectivity index (χ2n) is 8.10. The number of aromatic nitrogens is 1. The molecule has 0 aromatic carbocycles. The molecule has 0 saturated carbocycles. The van der Waals surface area contributed by atoms with E-state index >= 15 is 0 Å². The second kappa shape index (κ2) is 5.85. The topological polar surface area (TPSA) is 19.4 Å². The van der Waals surface area contributed by atoms with Gasteiger partial charge in [-0.2, -0.15) is 0 Å². The maximum Gasteiger partial charge on any atom is 0.107 e. The van der Waals surface area contributed by atoms with Crippen molar-refractivity contribution < 1.29 is 0 Å². The Morgan fingerprint density at radius 1 is 1.26 bits per heavy atom. The molecule has 126 valence electrons. The van der Waals surface area contributed by atoms with Crippen LogP contribution in [0.4, 0.5) is 5.69 Å². The fourth-order valence-corrected chi connectivity index (χ4v) is 4.33. The average Bonchev–Trinajstić information content (AvgIpc) is 2.96. The highest BCUT2D eigenvalue weighted by Crippen LogP contribution is 2.50. The highest BCUT2D eigenvalue weighted by atomic mass is 15.4. The number of anilines is 1. The zero-order chi connectivity index (χ0) is 16.7. The number of unbranched alkanes of at least 4 members (excludes halogenated alkanes) is 1. The van der Waals surface area contributed by atoms with Gasteiger partial charge in [-0.05, 0) is 46.1 Å². The minimum Gasteiger partial charge on any atom is -0.351 e. The highest BCUT2D eigenvalue weighted by Gasteiger charge is 2.46. The van der Waals surface area contributed by atoms with Crippen molar-refractivity contribution in [3.63, 3.8) is 0 Å². The summed E-state index contributed by atoms with van der Waals surface area (Å²) in [6.45, 7) is 11.6. The van der Waals surface area contributed by atoms with E-state index in [2.05, 4.69) is 74.1 Å². The molecule has 0 saturated heterocycles. The normalized spacial score (nSPS) is 26.4. The number of rotatable bonds is 4. The van der Waals surface area contributed by atoms with Crippen LogP contribution in [0, 0.1) is 0 Å². The molecule has 0 aliphatic carbocycles. The van der Waals surface area contributed by atoms with Gasteiger partial charge in [-0.1, -0.05) is 26.7 Å². The summed E-state index contributed by atoms with van der Waals surface area (Å²) >= 11 is 0. The van der Waals surface area contributed by atoms with Gasteiger partial charge in [0.05, 0.1) is 0 Å². The molecule has 2 unspecified atom stereocenters. The summed E-state index contributed by atoms with van der Waals surface area (Å²) in [5, 5.41) is 0. The first-order valence-corrected chi connectivity index (χ1v) is 9.12. The quantitative estimate of drug-likeness (QED) is 0.776. The van der Waals surface area contributed by atoms with E-state index in [0.29, 0.717) is 6.17 Å². The minimum atomic E-state index is 0.144. The van der Waals surface area contributed by atoms with Crippen LogP contribution in [0.2, 0.25) is 0 Å². The standard InChI is InChI=1S/C20H31N3/c1-6-8-10-20(7-2)14-18-22(12-13-23(18)19(3,4)5)17-9-11-21-15-16(17)20/h9,11-13,15,18H,6-8,10,14H2,1-5H3. The van der Waals surface area contributed by atoms with Crippen LogP contribution in [0.1, 0.15) is 72.3 Å². The van der Waals surface area contributed by atoms with Gasteiger partial charge in [0.25, 0.3) is 0 Å². The molecule has 0 radical (unpaired) electrons. The van der Waals surface area contributed by atoms with Gasteiger partial charge in [0.2, 0.25) is 0 Å². The molecular weight excluding hydrogens is 282 g/mol. The van der Waals surface area contributed by atoms with E-state index in [1.165, 1.54) is 43.4 Å². The molecule has 3 heterocycles. The van der Waals surface area contributed by atoms with Crippen molar-refractivity contribution in [2.24, 2.45) is 0 Å². The molecule has 3 heteroatoms. The molecule has 1 aromatic rings. The lowest BCUT2D eigenvalue weighted by atomic mass is 9.68. The first-order chi connectivity index (χ1) is 10.9. The number of nitrogens with zero attached hydrogens (tertiary/aromatic N) is 3. The number of pyridine rings is 1. The van der Waals surface area contributed by atoms with Gasteiger partial charge in [-0.15, -0.1) is 0 Å². The van der Waals surface area contributed by atoms with E-state index in [1.54, 1.807) is 0 Å². The number of hydrogen-bond donors (Lipinski definition) is 0. The van der Waals surface area contributed by atoms with Crippen molar-refractivity contribution in [1.82, 2.24) is 9.88 Å². The lowest BCUT2D eigenvalue weighted by Gasteiger charge is -2.50. The maximum atomic E-state index is 4.47. The Morgan fingerprint density at radius 3 is 2.70 bits per heavy atom. The van der Waals surface area contributed by atoms with Crippen LogP contribution in [0.3, 0.4) is 0 Å². The molecule has 23 heavy (non-hydrogen) atoms. The first kappa shape index (κ1) is 16.4.